The molecular weight excluding hydrogens is 487 g/mol. The lowest BCUT2D eigenvalue weighted by Crippen LogP contribution is -2.47. The Balaban J connectivity index is 0.000000540. The molecule has 2 amide bonds. The van der Waals surface area contributed by atoms with Crippen molar-refractivity contribution in [2.24, 2.45) is 0 Å². The van der Waals surface area contributed by atoms with Gasteiger partial charge in [-0.15, -0.1) is 0 Å². The molecule has 0 bridgehead atoms. The van der Waals surface area contributed by atoms with Gasteiger partial charge in [-0.3, -0.25) is 9.59 Å². The number of carboxylic acid groups (broad SMARTS) is 1. The van der Waals surface area contributed by atoms with E-state index in [1.54, 1.807) is 12.1 Å². The molecule has 1 saturated heterocycles. The van der Waals surface area contributed by atoms with Crippen molar-refractivity contribution < 1.29 is 32.7 Å². The van der Waals surface area contributed by atoms with E-state index in [1.165, 1.54) is 0 Å². The van der Waals surface area contributed by atoms with Gasteiger partial charge in [0.2, 0.25) is 5.91 Å². The summed E-state index contributed by atoms with van der Waals surface area (Å²) in [5, 5.41) is 10.7. The molecule has 1 aliphatic heterocycles. The van der Waals surface area contributed by atoms with Gasteiger partial charge in [0, 0.05) is 43.5 Å². The summed E-state index contributed by atoms with van der Waals surface area (Å²) in [4.78, 5) is 38.4. The normalized spacial score (nSPS) is 16.0. The second-order valence-electron chi connectivity index (χ2n) is 8.16. The number of hydrogen-bond acceptors (Lipinski definition) is 4. The Morgan fingerprint density at radius 1 is 1.14 bits per heavy atom. The monoisotopic (exact) mass is 513 g/mol. The van der Waals surface area contributed by atoms with Gasteiger partial charge in [0.25, 0.3) is 5.91 Å². The first-order valence-corrected chi connectivity index (χ1v) is 11.2. The molecule has 190 valence electrons. The molecule has 0 aromatic heterocycles. The number of carboxylic acids is 1. The quantitative estimate of drug-likeness (QED) is 0.620. The number of benzene rings is 2. The highest BCUT2D eigenvalue weighted by Gasteiger charge is 2.38. The van der Waals surface area contributed by atoms with Crippen molar-refractivity contribution in [3.63, 3.8) is 0 Å². The number of hydrogen-bond donors (Lipinski definition) is 2. The fourth-order valence-corrected chi connectivity index (χ4v) is 3.62. The Morgan fingerprint density at radius 2 is 1.77 bits per heavy atom. The van der Waals surface area contributed by atoms with Crippen molar-refractivity contribution in [3.8, 4) is 0 Å². The molecule has 3 rings (SSSR count). The highest BCUT2D eigenvalue weighted by Crippen LogP contribution is 2.19. The molecular formula is C24H27ClF3N3O4. The molecule has 1 unspecified atom stereocenters. The highest BCUT2D eigenvalue weighted by molar-refractivity contribution is 6.30. The number of aliphatic carboxylic acids is 1. The van der Waals surface area contributed by atoms with Crippen LogP contribution in [0.4, 0.5) is 18.9 Å². The van der Waals surface area contributed by atoms with Crippen LogP contribution in [0.2, 0.25) is 5.02 Å². The smallest absolute Gasteiger partial charge is 0.475 e. The molecule has 2 aromatic rings. The van der Waals surface area contributed by atoms with E-state index >= 15 is 0 Å². The summed E-state index contributed by atoms with van der Waals surface area (Å²) in [6, 6.07) is 14.4. The highest BCUT2D eigenvalue weighted by atomic mass is 35.5. The number of rotatable bonds is 5. The van der Waals surface area contributed by atoms with Gasteiger partial charge in [0.05, 0.1) is 0 Å². The molecule has 0 spiro atoms. The predicted octanol–water partition coefficient (Wildman–Crippen LogP) is 4.35. The van der Waals surface area contributed by atoms with Crippen LogP contribution in [0.15, 0.2) is 48.5 Å². The van der Waals surface area contributed by atoms with Crippen LogP contribution in [0.3, 0.4) is 0 Å². The summed E-state index contributed by atoms with van der Waals surface area (Å²) < 4.78 is 31.7. The predicted molar refractivity (Wildman–Crippen MR) is 126 cm³/mol. The first kappa shape index (κ1) is 28.0. The van der Waals surface area contributed by atoms with Crippen LogP contribution in [0.5, 0.6) is 0 Å². The van der Waals surface area contributed by atoms with E-state index < -0.39 is 18.2 Å². The largest absolute Gasteiger partial charge is 0.490 e. The third kappa shape index (κ3) is 8.79. The maximum atomic E-state index is 13.0. The van der Waals surface area contributed by atoms with E-state index in [0.717, 1.165) is 24.1 Å². The van der Waals surface area contributed by atoms with Crippen LogP contribution in [0, 0.1) is 0 Å². The summed E-state index contributed by atoms with van der Waals surface area (Å²) in [6.45, 7) is 1.19. The molecule has 0 saturated carbocycles. The molecule has 0 aliphatic carbocycles. The van der Waals surface area contributed by atoms with Gasteiger partial charge >= 0.3 is 12.1 Å². The zero-order valence-electron chi connectivity index (χ0n) is 19.3. The van der Waals surface area contributed by atoms with E-state index in [4.69, 9.17) is 21.5 Å². The Kier molecular flexibility index (Phi) is 9.94. The van der Waals surface area contributed by atoms with Crippen LogP contribution in [0.25, 0.3) is 0 Å². The summed E-state index contributed by atoms with van der Waals surface area (Å²) in [5.74, 6) is -3.00. The van der Waals surface area contributed by atoms with E-state index in [2.05, 4.69) is 5.32 Å². The fourth-order valence-electron chi connectivity index (χ4n) is 3.40. The second-order valence-corrected chi connectivity index (χ2v) is 8.59. The van der Waals surface area contributed by atoms with Crippen LogP contribution < -0.4 is 10.2 Å². The molecule has 7 nitrogen and oxygen atoms in total. The second kappa shape index (κ2) is 12.4. The molecule has 2 N–H and O–H groups in total. The van der Waals surface area contributed by atoms with E-state index in [-0.39, 0.29) is 11.8 Å². The van der Waals surface area contributed by atoms with Crippen molar-refractivity contribution in [1.29, 1.82) is 0 Å². The zero-order valence-corrected chi connectivity index (χ0v) is 20.1. The maximum absolute atomic E-state index is 13.0. The van der Waals surface area contributed by atoms with Crippen molar-refractivity contribution in [2.75, 3.05) is 25.5 Å². The summed E-state index contributed by atoms with van der Waals surface area (Å²) in [6.07, 6.45) is -2.59. The Bertz CT molecular complexity index is 1030. The number of nitrogens with one attached hydrogen (secondary N) is 1. The maximum Gasteiger partial charge on any atom is 0.490 e. The van der Waals surface area contributed by atoms with E-state index in [9.17, 15) is 22.8 Å². The average Bonchev–Trinajstić information content (AvgIpc) is 2.95. The standard InChI is InChI=1S/C22H26ClN3O2.C2HF3O2/c1-25(2)19-11-9-17(10-12-19)21(27)24-20-8-3-4-13-26(22(20)28)15-16-6-5-7-18(23)14-16;3-2(4,5)1(6)7/h5-7,9-12,14,20H,3-4,8,13,15H2,1-2H3,(H,24,27);(H,6,7). The Hall–Kier alpha value is -3.27. The Labute approximate surface area is 206 Å². The fraction of sp³-hybridized carbons (Fsp3) is 0.375. The SMILES string of the molecule is CN(C)c1ccc(C(=O)NC2CCCCN(Cc3cccc(Cl)c3)C2=O)cc1.O=C(O)C(F)(F)F. The average molecular weight is 514 g/mol. The molecule has 1 fully saturated rings. The van der Waals surface area contributed by atoms with Gasteiger partial charge in [-0.05, 0) is 61.2 Å². The lowest BCUT2D eigenvalue weighted by molar-refractivity contribution is -0.192. The van der Waals surface area contributed by atoms with E-state index in [1.807, 2.05) is 60.3 Å². The molecule has 1 atom stereocenters. The summed E-state index contributed by atoms with van der Waals surface area (Å²) in [7, 11) is 3.90. The van der Waals surface area contributed by atoms with Crippen LogP contribution in [0.1, 0.15) is 35.2 Å². The third-order valence-electron chi connectivity index (χ3n) is 5.24. The van der Waals surface area contributed by atoms with Gasteiger partial charge in [0.15, 0.2) is 0 Å². The molecule has 0 radical (unpaired) electrons. The number of carbonyl (C=O) groups excluding carboxylic acids is 2. The van der Waals surface area contributed by atoms with Crippen molar-refractivity contribution in [1.82, 2.24) is 10.2 Å². The van der Waals surface area contributed by atoms with Gasteiger partial charge in [-0.2, -0.15) is 13.2 Å². The lowest BCUT2D eigenvalue weighted by atomic mass is 10.1. The van der Waals surface area contributed by atoms with Crippen LogP contribution in [-0.4, -0.2) is 60.6 Å². The zero-order chi connectivity index (χ0) is 26.2. The number of halogens is 4. The Morgan fingerprint density at radius 3 is 2.31 bits per heavy atom. The minimum atomic E-state index is -5.08. The molecule has 11 heteroatoms. The number of amides is 2. The summed E-state index contributed by atoms with van der Waals surface area (Å²) >= 11 is 6.06. The molecule has 1 heterocycles. The number of nitrogens with zero attached hydrogens (tertiary/aromatic N) is 2. The minimum Gasteiger partial charge on any atom is -0.475 e. The van der Waals surface area contributed by atoms with Crippen LogP contribution in [-0.2, 0) is 16.1 Å². The number of anilines is 1. The number of carbonyl (C=O) groups is 3. The van der Waals surface area contributed by atoms with Gasteiger partial charge < -0.3 is 20.2 Å². The van der Waals surface area contributed by atoms with Crippen molar-refractivity contribution in [3.05, 3.63) is 64.7 Å². The first-order valence-electron chi connectivity index (χ1n) is 10.8. The van der Waals surface area contributed by atoms with Gasteiger partial charge in [0.1, 0.15) is 6.04 Å². The third-order valence-corrected chi connectivity index (χ3v) is 5.47. The van der Waals surface area contributed by atoms with E-state index in [0.29, 0.717) is 30.1 Å². The molecule has 2 aromatic carbocycles. The number of alkyl halides is 3. The van der Waals surface area contributed by atoms with Crippen LogP contribution >= 0.6 is 11.6 Å². The van der Waals surface area contributed by atoms with Gasteiger partial charge in [-0.25, -0.2) is 4.79 Å². The molecule has 1 aliphatic rings. The number of likely N-dealkylation sites (tertiary alicyclic amines) is 1. The first-order chi connectivity index (χ1) is 16.4. The molecule has 35 heavy (non-hydrogen) atoms. The lowest BCUT2D eigenvalue weighted by Gasteiger charge is -2.25. The van der Waals surface area contributed by atoms with Gasteiger partial charge in [-0.1, -0.05) is 23.7 Å². The minimum absolute atomic E-state index is 0.0317. The van der Waals surface area contributed by atoms with Crippen molar-refractivity contribution in [2.45, 2.75) is 38.0 Å². The van der Waals surface area contributed by atoms with Crippen molar-refractivity contribution >= 4 is 35.1 Å². The summed E-state index contributed by atoms with van der Waals surface area (Å²) in [5.41, 5.74) is 2.57. The topological polar surface area (TPSA) is 90.0 Å².